The molecule has 112 valence electrons. The maximum absolute atomic E-state index is 10.7. The van der Waals surface area contributed by atoms with Gasteiger partial charge in [-0.15, -0.1) is 0 Å². The minimum Gasteiger partial charge on any atom is -0.494 e. The van der Waals surface area contributed by atoms with Crippen LogP contribution >= 0.6 is 0 Å². The van der Waals surface area contributed by atoms with Gasteiger partial charge in [-0.25, -0.2) is 0 Å². The molecule has 7 heteroatoms. The summed E-state index contributed by atoms with van der Waals surface area (Å²) in [6.45, 7) is 1.14. The summed E-state index contributed by atoms with van der Waals surface area (Å²) in [4.78, 5) is 10.3. The Hall–Kier alpha value is -1.86. The first kappa shape index (κ1) is 16.2. The summed E-state index contributed by atoms with van der Waals surface area (Å²) >= 11 is 0. The standard InChI is InChI=1S/C13H21N3O4/c1-19-9-10(4-3-7-14)15-12-6-5-11(16(17)18)8-13(12)20-2/h5-6,8,10,15H,3-4,7,9,14H2,1-2H3. The molecule has 1 rings (SSSR count). The molecule has 0 saturated heterocycles. The molecular weight excluding hydrogens is 262 g/mol. The van der Waals surface area contributed by atoms with Gasteiger partial charge in [-0.1, -0.05) is 0 Å². The van der Waals surface area contributed by atoms with Crippen molar-refractivity contribution in [3.05, 3.63) is 28.3 Å². The third-order valence-corrected chi connectivity index (χ3v) is 2.88. The van der Waals surface area contributed by atoms with E-state index >= 15 is 0 Å². The Labute approximate surface area is 118 Å². The maximum atomic E-state index is 10.7. The molecule has 0 heterocycles. The zero-order valence-corrected chi connectivity index (χ0v) is 11.8. The predicted octanol–water partition coefficient (Wildman–Crippen LogP) is 1.77. The molecule has 1 atom stereocenters. The highest BCUT2D eigenvalue weighted by molar-refractivity contribution is 5.61. The van der Waals surface area contributed by atoms with E-state index in [1.54, 1.807) is 13.2 Å². The number of hydrogen-bond donors (Lipinski definition) is 2. The molecular formula is C13H21N3O4. The molecule has 0 radical (unpaired) electrons. The van der Waals surface area contributed by atoms with Gasteiger partial charge in [-0.3, -0.25) is 10.1 Å². The molecule has 1 unspecified atom stereocenters. The van der Waals surface area contributed by atoms with Crippen molar-refractivity contribution in [2.75, 3.05) is 32.7 Å². The number of nitro groups is 1. The zero-order valence-electron chi connectivity index (χ0n) is 11.8. The van der Waals surface area contributed by atoms with Gasteiger partial charge in [0, 0.05) is 19.2 Å². The minimum atomic E-state index is -0.451. The smallest absolute Gasteiger partial charge is 0.273 e. The molecule has 0 aromatic heterocycles. The van der Waals surface area contributed by atoms with Gasteiger partial charge >= 0.3 is 0 Å². The lowest BCUT2D eigenvalue weighted by atomic mass is 10.1. The lowest BCUT2D eigenvalue weighted by molar-refractivity contribution is -0.384. The van der Waals surface area contributed by atoms with Crippen LogP contribution < -0.4 is 15.8 Å². The van der Waals surface area contributed by atoms with Crippen molar-refractivity contribution in [2.45, 2.75) is 18.9 Å². The third kappa shape index (κ3) is 4.67. The number of nitrogens with one attached hydrogen (secondary N) is 1. The van der Waals surface area contributed by atoms with E-state index < -0.39 is 4.92 Å². The van der Waals surface area contributed by atoms with Crippen molar-refractivity contribution in [3.63, 3.8) is 0 Å². The van der Waals surface area contributed by atoms with E-state index in [1.807, 2.05) is 0 Å². The predicted molar refractivity (Wildman–Crippen MR) is 77.2 cm³/mol. The molecule has 0 fully saturated rings. The number of rotatable bonds is 9. The monoisotopic (exact) mass is 283 g/mol. The largest absolute Gasteiger partial charge is 0.494 e. The van der Waals surface area contributed by atoms with Crippen LogP contribution in [0.25, 0.3) is 0 Å². The molecule has 0 aliphatic carbocycles. The Kier molecular flexibility index (Phi) is 6.75. The molecule has 0 aliphatic rings. The Bertz CT molecular complexity index is 440. The van der Waals surface area contributed by atoms with Crippen LogP contribution in [0.15, 0.2) is 18.2 Å². The summed E-state index contributed by atoms with van der Waals surface area (Å²) in [5.74, 6) is 0.438. The van der Waals surface area contributed by atoms with Crippen LogP contribution in [0.5, 0.6) is 5.75 Å². The van der Waals surface area contributed by atoms with E-state index in [0.717, 1.165) is 12.8 Å². The van der Waals surface area contributed by atoms with Crippen LogP contribution in [0, 0.1) is 10.1 Å². The fourth-order valence-corrected chi connectivity index (χ4v) is 1.90. The minimum absolute atomic E-state index is 0.00218. The van der Waals surface area contributed by atoms with Crippen molar-refractivity contribution in [1.82, 2.24) is 0 Å². The number of methoxy groups -OCH3 is 2. The normalized spacial score (nSPS) is 11.9. The number of benzene rings is 1. The summed E-state index contributed by atoms with van der Waals surface area (Å²) in [7, 11) is 3.11. The molecule has 0 amide bonds. The molecule has 0 aliphatic heterocycles. The Morgan fingerprint density at radius 3 is 2.75 bits per heavy atom. The number of anilines is 1. The quantitative estimate of drug-likeness (QED) is 0.529. The maximum Gasteiger partial charge on any atom is 0.273 e. The van der Waals surface area contributed by atoms with E-state index in [2.05, 4.69) is 5.32 Å². The van der Waals surface area contributed by atoms with Crippen LogP contribution in [-0.2, 0) is 4.74 Å². The van der Waals surface area contributed by atoms with Gasteiger partial charge in [0.1, 0.15) is 5.75 Å². The van der Waals surface area contributed by atoms with E-state index in [9.17, 15) is 10.1 Å². The van der Waals surface area contributed by atoms with Gasteiger partial charge < -0.3 is 20.5 Å². The van der Waals surface area contributed by atoms with E-state index in [1.165, 1.54) is 19.2 Å². The van der Waals surface area contributed by atoms with Gasteiger partial charge in [-0.05, 0) is 25.5 Å². The van der Waals surface area contributed by atoms with Gasteiger partial charge in [0.2, 0.25) is 0 Å². The number of ether oxygens (including phenoxy) is 2. The van der Waals surface area contributed by atoms with Crippen molar-refractivity contribution in [1.29, 1.82) is 0 Å². The summed E-state index contributed by atoms with van der Waals surface area (Å²) in [5.41, 5.74) is 6.21. The zero-order chi connectivity index (χ0) is 15.0. The van der Waals surface area contributed by atoms with Gasteiger partial charge in [0.15, 0.2) is 0 Å². The first-order chi connectivity index (χ1) is 9.62. The fraction of sp³-hybridized carbons (Fsp3) is 0.538. The van der Waals surface area contributed by atoms with Crippen molar-refractivity contribution in [2.24, 2.45) is 5.73 Å². The molecule has 0 bridgehead atoms. The third-order valence-electron chi connectivity index (χ3n) is 2.88. The average molecular weight is 283 g/mol. The number of non-ortho nitro benzene ring substituents is 1. The first-order valence-corrected chi connectivity index (χ1v) is 6.40. The van der Waals surface area contributed by atoms with Crippen LogP contribution in [-0.4, -0.2) is 38.3 Å². The second-order valence-electron chi connectivity index (χ2n) is 4.37. The Morgan fingerprint density at radius 2 is 2.20 bits per heavy atom. The summed E-state index contributed by atoms with van der Waals surface area (Å²) < 4.78 is 10.3. The number of nitrogens with two attached hydrogens (primary N) is 1. The van der Waals surface area contributed by atoms with E-state index in [0.29, 0.717) is 24.6 Å². The van der Waals surface area contributed by atoms with E-state index in [-0.39, 0.29) is 11.7 Å². The van der Waals surface area contributed by atoms with Crippen molar-refractivity contribution < 1.29 is 14.4 Å². The summed E-state index contributed by atoms with van der Waals surface area (Å²) in [6.07, 6.45) is 1.72. The number of nitrogens with zero attached hydrogens (tertiary/aromatic N) is 1. The highest BCUT2D eigenvalue weighted by Gasteiger charge is 2.14. The first-order valence-electron chi connectivity index (χ1n) is 6.40. The molecule has 7 nitrogen and oxygen atoms in total. The summed E-state index contributed by atoms with van der Waals surface area (Å²) in [5, 5.41) is 14.0. The van der Waals surface area contributed by atoms with Crippen LogP contribution in [0.1, 0.15) is 12.8 Å². The lowest BCUT2D eigenvalue weighted by Gasteiger charge is -2.20. The summed E-state index contributed by atoms with van der Waals surface area (Å²) in [6, 6.07) is 4.56. The van der Waals surface area contributed by atoms with E-state index in [4.69, 9.17) is 15.2 Å². The van der Waals surface area contributed by atoms with Gasteiger partial charge in [0.25, 0.3) is 5.69 Å². The Balaban J connectivity index is 2.85. The highest BCUT2D eigenvalue weighted by Crippen LogP contribution is 2.29. The van der Waals surface area contributed by atoms with Gasteiger partial charge in [0.05, 0.1) is 30.4 Å². The molecule has 20 heavy (non-hydrogen) atoms. The Morgan fingerprint density at radius 1 is 1.45 bits per heavy atom. The molecule has 0 saturated carbocycles. The molecule has 1 aromatic rings. The van der Waals surface area contributed by atoms with Crippen LogP contribution in [0.4, 0.5) is 11.4 Å². The van der Waals surface area contributed by atoms with Gasteiger partial charge in [-0.2, -0.15) is 0 Å². The highest BCUT2D eigenvalue weighted by atomic mass is 16.6. The lowest BCUT2D eigenvalue weighted by Crippen LogP contribution is -2.26. The number of nitro benzene ring substituents is 1. The van der Waals surface area contributed by atoms with Crippen molar-refractivity contribution in [3.8, 4) is 5.75 Å². The second kappa shape index (κ2) is 8.34. The average Bonchev–Trinajstić information content (AvgIpc) is 2.45. The molecule has 3 N–H and O–H groups in total. The fourth-order valence-electron chi connectivity index (χ4n) is 1.90. The molecule has 1 aromatic carbocycles. The second-order valence-corrected chi connectivity index (χ2v) is 4.37. The van der Waals surface area contributed by atoms with Crippen LogP contribution in [0.3, 0.4) is 0 Å². The number of hydrogen-bond acceptors (Lipinski definition) is 6. The topological polar surface area (TPSA) is 99.7 Å². The molecule has 0 spiro atoms. The van der Waals surface area contributed by atoms with Crippen molar-refractivity contribution >= 4 is 11.4 Å². The van der Waals surface area contributed by atoms with Crippen LogP contribution in [0.2, 0.25) is 0 Å². The SMILES string of the molecule is COCC(CCCN)Nc1ccc([N+](=O)[O-])cc1OC.